The number of carbonyl (C=O) groups excluding carboxylic acids is 2. The number of aromatic nitrogens is 3. The molecule has 1 fully saturated rings. The van der Waals surface area contributed by atoms with Gasteiger partial charge in [-0.1, -0.05) is 24.6 Å². The number of benzene rings is 1. The van der Waals surface area contributed by atoms with E-state index in [9.17, 15) is 9.59 Å². The lowest BCUT2D eigenvalue weighted by Crippen LogP contribution is -2.42. The summed E-state index contributed by atoms with van der Waals surface area (Å²) < 4.78 is 1.69. The standard InChI is InChI=1S/C15H17N5O2/c21-13-9-5-4-8-12(17-13)14(22)18-15-19-16-10-20(15)11-6-2-1-3-7-11/h1-3,6-7,10,12H,4-5,8-9H2,(H,17,21)(H,18,19,22)/t12-/m0/s1. The van der Waals surface area contributed by atoms with Crippen LogP contribution in [-0.2, 0) is 9.59 Å². The minimum Gasteiger partial charge on any atom is -0.344 e. The molecule has 0 unspecified atom stereocenters. The highest BCUT2D eigenvalue weighted by Gasteiger charge is 2.24. The summed E-state index contributed by atoms with van der Waals surface area (Å²) in [5.41, 5.74) is 0.854. The lowest BCUT2D eigenvalue weighted by atomic mass is 10.1. The fourth-order valence-corrected chi connectivity index (χ4v) is 2.46. The topological polar surface area (TPSA) is 88.9 Å². The van der Waals surface area contributed by atoms with Gasteiger partial charge in [0.25, 0.3) is 0 Å². The molecular formula is C15H17N5O2. The second-order valence-corrected chi connectivity index (χ2v) is 5.22. The molecule has 3 rings (SSSR count). The average Bonchev–Trinajstić information content (AvgIpc) is 2.88. The van der Waals surface area contributed by atoms with Crippen LogP contribution in [0.25, 0.3) is 5.69 Å². The molecule has 22 heavy (non-hydrogen) atoms. The molecule has 0 spiro atoms. The maximum atomic E-state index is 12.3. The van der Waals surface area contributed by atoms with Crippen LogP contribution in [0, 0.1) is 0 Å². The molecule has 1 aromatic heterocycles. The van der Waals surface area contributed by atoms with Gasteiger partial charge >= 0.3 is 0 Å². The normalized spacial score (nSPS) is 18.4. The van der Waals surface area contributed by atoms with E-state index < -0.39 is 6.04 Å². The van der Waals surface area contributed by atoms with Gasteiger partial charge in [-0.05, 0) is 25.0 Å². The van der Waals surface area contributed by atoms with Gasteiger partial charge in [0.2, 0.25) is 17.8 Å². The zero-order valence-electron chi connectivity index (χ0n) is 12.0. The van der Waals surface area contributed by atoms with Gasteiger partial charge in [-0.2, -0.15) is 0 Å². The molecule has 0 radical (unpaired) electrons. The van der Waals surface area contributed by atoms with Gasteiger partial charge in [0, 0.05) is 6.42 Å². The second-order valence-electron chi connectivity index (χ2n) is 5.22. The van der Waals surface area contributed by atoms with Crippen LogP contribution in [-0.4, -0.2) is 32.6 Å². The van der Waals surface area contributed by atoms with E-state index in [1.54, 1.807) is 4.57 Å². The Hall–Kier alpha value is -2.70. The van der Waals surface area contributed by atoms with E-state index in [2.05, 4.69) is 20.8 Å². The van der Waals surface area contributed by atoms with Crippen molar-refractivity contribution in [1.82, 2.24) is 20.1 Å². The number of para-hydroxylation sites is 1. The van der Waals surface area contributed by atoms with Crippen molar-refractivity contribution < 1.29 is 9.59 Å². The van der Waals surface area contributed by atoms with Crippen LogP contribution in [0.5, 0.6) is 0 Å². The van der Waals surface area contributed by atoms with Crippen LogP contribution >= 0.6 is 0 Å². The molecule has 1 atom stereocenters. The van der Waals surface area contributed by atoms with Gasteiger partial charge < -0.3 is 5.32 Å². The summed E-state index contributed by atoms with van der Waals surface area (Å²) in [5, 5.41) is 13.3. The van der Waals surface area contributed by atoms with Gasteiger partial charge in [0.05, 0.1) is 5.69 Å². The lowest BCUT2D eigenvalue weighted by molar-refractivity contribution is -0.126. The monoisotopic (exact) mass is 299 g/mol. The predicted molar refractivity (Wildman–Crippen MR) is 80.4 cm³/mol. The van der Waals surface area contributed by atoms with E-state index in [1.807, 2.05) is 30.3 Å². The highest BCUT2D eigenvalue weighted by Crippen LogP contribution is 2.15. The first-order valence-corrected chi connectivity index (χ1v) is 7.30. The van der Waals surface area contributed by atoms with E-state index >= 15 is 0 Å². The van der Waals surface area contributed by atoms with E-state index in [0.717, 1.165) is 18.5 Å². The third-order valence-electron chi connectivity index (χ3n) is 3.62. The Morgan fingerprint density at radius 2 is 2.09 bits per heavy atom. The van der Waals surface area contributed by atoms with E-state index in [-0.39, 0.29) is 11.8 Å². The first kappa shape index (κ1) is 14.2. The number of nitrogens with zero attached hydrogens (tertiary/aromatic N) is 3. The summed E-state index contributed by atoms with van der Waals surface area (Å²) in [6.45, 7) is 0. The maximum Gasteiger partial charge on any atom is 0.249 e. The van der Waals surface area contributed by atoms with Crippen LogP contribution in [0.15, 0.2) is 36.7 Å². The first-order chi connectivity index (χ1) is 10.7. The molecule has 2 heterocycles. The van der Waals surface area contributed by atoms with Crippen LogP contribution in [0.4, 0.5) is 5.95 Å². The Morgan fingerprint density at radius 1 is 1.27 bits per heavy atom. The highest BCUT2D eigenvalue weighted by molar-refractivity contribution is 5.96. The van der Waals surface area contributed by atoms with Crippen LogP contribution < -0.4 is 10.6 Å². The lowest BCUT2D eigenvalue weighted by Gasteiger charge is -2.15. The minimum atomic E-state index is -0.518. The largest absolute Gasteiger partial charge is 0.344 e. The third-order valence-corrected chi connectivity index (χ3v) is 3.62. The van der Waals surface area contributed by atoms with Gasteiger partial charge in [-0.15, -0.1) is 10.2 Å². The fourth-order valence-electron chi connectivity index (χ4n) is 2.46. The quantitative estimate of drug-likeness (QED) is 0.893. The van der Waals surface area contributed by atoms with Gasteiger partial charge in [-0.3, -0.25) is 19.5 Å². The number of rotatable bonds is 3. The van der Waals surface area contributed by atoms with Crippen molar-refractivity contribution in [2.24, 2.45) is 0 Å². The van der Waals surface area contributed by atoms with E-state index in [4.69, 9.17) is 0 Å². The molecular weight excluding hydrogens is 282 g/mol. The highest BCUT2D eigenvalue weighted by atomic mass is 16.2. The molecule has 1 aromatic carbocycles. The molecule has 1 aliphatic rings. The Kier molecular flexibility index (Phi) is 4.13. The van der Waals surface area contributed by atoms with Crippen LogP contribution in [0.2, 0.25) is 0 Å². The summed E-state index contributed by atoms with van der Waals surface area (Å²) in [6, 6.07) is 8.97. The molecule has 7 nitrogen and oxygen atoms in total. The van der Waals surface area contributed by atoms with Gasteiger partial charge in [-0.25, -0.2) is 0 Å². The van der Waals surface area contributed by atoms with Crippen molar-refractivity contribution in [3.63, 3.8) is 0 Å². The third kappa shape index (κ3) is 3.13. The summed E-state index contributed by atoms with van der Waals surface area (Å²) in [4.78, 5) is 23.9. The summed E-state index contributed by atoms with van der Waals surface area (Å²) in [5.74, 6) is -0.00250. The van der Waals surface area contributed by atoms with Crippen molar-refractivity contribution >= 4 is 17.8 Å². The smallest absolute Gasteiger partial charge is 0.249 e. The molecule has 0 bridgehead atoms. The predicted octanol–water partition coefficient (Wildman–Crippen LogP) is 1.26. The second kappa shape index (κ2) is 6.38. The number of hydrogen-bond donors (Lipinski definition) is 2. The zero-order valence-corrected chi connectivity index (χ0v) is 12.0. The number of amides is 2. The fraction of sp³-hybridized carbons (Fsp3) is 0.333. The Morgan fingerprint density at radius 3 is 2.91 bits per heavy atom. The molecule has 0 saturated carbocycles. The van der Waals surface area contributed by atoms with Gasteiger partial charge in [0.15, 0.2) is 0 Å². The average molecular weight is 299 g/mol. The Bertz CT molecular complexity index is 668. The Balaban J connectivity index is 1.75. The molecule has 2 aromatic rings. The first-order valence-electron chi connectivity index (χ1n) is 7.30. The van der Waals surface area contributed by atoms with E-state index in [1.165, 1.54) is 6.33 Å². The van der Waals surface area contributed by atoms with Crippen molar-refractivity contribution in [2.75, 3.05) is 5.32 Å². The number of nitrogens with one attached hydrogen (secondary N) is 2. The molecule has 0 aliphatic carbocycles. The van der Waals surface area contributed by atoms with Crippen molar-refractivity contribution in [3.05, 3.63) is 36.7 Å². The molecule has 2 amide bonds. The number of hydrogen-bond acceptors (Lipinski definition) is 4. The number of anilines is 1. The SMILES string of the molecule is O=C1CCCC[C@@H](C(=O)Nc2nncn2-c2ccccc2)N1. The number of carbonyl (C=O) groups is 2. The molecule has 1 aliphatic heterocycles. The van der Waals surface area contributed by atoms with Crippen molar-refractivity contribution in [2.45, 2.75) is 31.7 Å². The van der Waals surface area contributed by atoms with Crippen molar-refractivity contribution in [3.8, 4) is 5.69 Å². The van der Waals surface area contributed by atoms with Crippen molar-refractivity contribution in [1.29, 1.82) is 0 Å². The minimum absolute atomic E-state index is 0.0813. The molecule has 2 N–H and O–H groups in total. The molecule has 1 saturated heterocycles. The van der Waals surface area contributed by atoms with Crippen LogP contribution in [0.3, 0.4) is 0 Å². The molecule has 7 heteroatoms. The summed E-state index contributed by atoms with van der Waals surface area (Å²) in [7, 11) is 0. The summed E-state index contributed by atoms with van der Waals surface area (Å²) in [6.07, 6.45) is 4.32. The van der Waals surface area contributed by atoms with E-state index in [0.29, 0.717) is 18.8 Å². The Labute approximate surface area is 127 Å². The van der Waals surface area contributed by atoms with Gasteiger partial charge in [0.1, 0.15) is 12.4 Å². The summed E-state index contributed by atoms with van der Waals surface area (Å²) >= 11 is 0. The zero-order chi connectivity index (χ0) is 15.4. The van der Waals surface area contributed by atoms with Crippen LogP contribution in [0.1, 0.15) is 25.7 Å². The molecule has 114 valence electrons. The maximum absolute atomic E-state index is 12.3.